The number of halogens is 2. The summed E-state index contributed by atoms with van der Waals surface area (Å²) in [6.07, 6.45) is 3.95. The van der Waals surface area contributed by atoms with Gasteiger partial charge in [0.25, 0.3) is 10.0 Å². The fraction of sp³-hybridized carbons (Fsp3) is 0.333. The first-order chi connectivity index (χ1) is 19.1. The molecule has 7 nitrogen and oxygen atoms in total. The zero-order valence-corrected chi connectivity index (χ0v) is 25.7. The topological polar surface area (TPSA) is 86.8 Å². The number of anilines is 1. The molecule has 4 rings (SSSR count). The van der Waals surface area contributed by atoms with Gasteiger partial charge in [0.2, 0.25) is 11.8 Å². The Balaban J connectivity index is 1.70. The SMILES string of the molecule is Cc1cc(Cl)ccc1N(CC(=O)N(Cc1cccc(Br)c1)[C@H](C)C(=O)NC1CCCC1)S(=O)(=O)c1ccccc1. The van der Waals surface area contributed by atoms with Gasteiger partial charge in [-0.3, -0.25) is 13.9 Å². The van der Waals surface area contributed by atoms with Crippen LogP contribution in [0.1, 0.15) is 43.7 Å². The first kappa shape index (κ1) is 30.1. The van der Waals surface area contributed by atoms with E-state index in [0.717, 1.165) is 40.0 Å². The molecule has 0 aliphatic heterocycles. The number of nitrogens with zero attached hydrogens (tertiary/aromatic N) is 2. The third-order valence-corrected chi connectivity index (χ3v) is 9.65. The van der Waals surface area contributed by atoms with Crippen molar-refractivity contribution in [1.82, 2.24) is 10.2 Å². The summed E-state index contributed by atoms with van der Waals surface area (Å²) in [5, 5.41) is 3.54. The number of aryl methyl sites for hydroxylation is 1. The van der Waals surface area contributed by atoms with Crippen LogP contribution in [0.2, 0.25) is 5.02 Å². The number of amides is 2. The number of carbonyl (C=O) groups is 2. The van der Waals surface area contributed by atoms with Gasteiger partial charge in [0.15, 0.2) is 0 Å². The van der Waals surface area contributed by atoms with Crippen molar-refractivity contribution in [2.75, 3.05) is 10.8 Å². The molecular weight excluding hydrogens is 614 g/mol. The van der Waals surface area contributed by atoms with E-state index in [1.54, 1.807) is 50.2 Å². The number of benzene rings is 3. The van der Waals surface area contributed by atoms with Crippen molar-refractivity contribution >= 4 is 55.1 Å². The maximum atomic E-state index is 14.1. The molecule has 3 aromatic carbocycles. The lowest BCUT2D eigenvalue weighted by Crippen LogP contribution is -2.52. The van der Waals surface area contributed by atoms with E-state index in [1.165, 1.54) is 17.0 Å². The van der Waals surface area contributed by atoms with Crippen LogP contribution in [0.5, 0.6) is 0 Å². The normalized spacial score (nSPS) is 14.5. The molecule has 2 amide bonds. The van der Waals surface area contributed by atoms with Crippen LogP contribution in [-0.4, -0.2) is 43.8 Å². The van der Waals surface area contributed by atoms with Crippen LogP contribution >= 0.6 is 27.5 Å². The minimum absolute atomic E-state index is 0.0581. The second kappa shape index (κ2) is 13.2. The Kier molecular flexibility index (Phi) is 9.92. The predicted octanol–water partition coefficient (Wildman–Crippen LogP) is 6.08. The molecule has 0 saturated heterocycles. The fourth-order valence-electron chi connectivity index (χ4n) is 4.94. The average Bonchev–Trinajstić information content (AvgIpc) is 3.44. The van der Waals surface area contributed by atoms with E-state index in [2.05, 4.69) is 21.2 Å². The molecule has 0 spiro atoms. The zero-order valence-electron chi connectivity index (χ0n) is 22.5. The van der Waals surface area contributed by atoms with Crippen LogP contribution in [-0.2, 0) is 26.2 Å². The second-order valence-corrected chi connectivity index (χ2v) is 13.3. The molecule has 1 N–H and O–H groups in total. The minimum atomic E-state index is -4.13. The van der Waals surface area contributed by atoms with Gasteiger partial charge in [-0.15, -0.1) is 0 Å². The summed E-state index contributed by atoms with van der Waals surface area (Å²) in [6.45, 7) is 3.07. The lowest BCUT2D eigenvalue weighted by molar-refractivity contribution is -0.139. The Bertz CT molecular complexity index is 1460. The smallest absolute Gasteiger partial charge is 0.264 e. The van der Waals surface area contributed by atoms with Gasteiger partial charge in [-0.05, 0) is 80.3 Å². The van der Waals surface area contributed by atoms with Crippen molar-refractivity contribution in [3.63, 3.8) is 0 Å². The van der Waals surface area contributed by atoms with E-state index in [0.29, 0.717) is 16.3 Å². The van der Waals surface area contributed by atoms with Crippen molar-refractivity contribution in [2.45, 2.75) is 63.1 Å². The number of nitrogens with one attached hydrogen (secondary N) is 1. The van der Waals surface area contributed by atoms with Gasteiger partial charge in [0.05, 0.1) is 10.6 Å². The third-order valence-electron chi connectivity index (χ3n) is 7.15. The molecule has 40 heavy (non-hydrogen) atoms. The maximum absolute atomic E-state index is 14.1. The highest BCUT2D eigenvalue weighted by molar-refractivity contribution is 9.10. The predicted molar refractivity (Wildman–Crippen MR) is 162 cm³/mol. The van der Waals surface area contributed by atoms with Gasteiger partial charge >= 0.3 is 0 Å². The van der Waals surface area contributed by atoms with Gasteiger partial charge in [-0.2, -0.15) is 0 Å². The summed E-state index contributed by atoms with van der Waals surface area (Å²) in [4.78, 5) is 28.9. The standard InChI is InChI=1S/C30H33BrClN3O4S/c1-21-17-25(32)15-16-28(21)35(40(38,39)27-13-4-3-5-14-27)20-29(36)34(19-23-9-8-10-24(31)18-23)22(2)30(37)33-26-11-6-7-12-26/h3-5,8-10,13-18,22,26H,6-7,11-12,19-20H2,1-2H3,(H,33,37)/t22-/m1/s1. The molecular formula is C30H33BrClN3O4S. The van der Waals surface area contributed by atoms with Crippen molar-refractivity contribution in [3.05, 3.63) is 93.4 Å². The van der Waals surface area contributed by atoms with E-state index in [1.807, 2.05) is 24.3 Å². The van der Waals surface area contributed by atoms with E-state index < -0.39 is 28.5 Å². The zero-order chi connectivity index (χ0) is 28.9. The fourth-order valence-corrected chi connectivity index (χ4v) is 7.11. The molecule has 0 bridgehead atoms. The highest BCUT2D eigenvalue weighted by atomic mass is 79.9. The van der Waals surface area contributed by atoms with Crippen molar-refractivity contribution < 1.29 is 18.0 Å². The quantitative estimate of drug-likeness (QED) is 0.289. The molecule has 3 aromatic rings. The lowest BCUT2D eigenvalue weighted by atomic mass is 10.1. The monoisotopic (exact) mass is 645 g/mol. The number of rotatable bonds is 10. The van der Waals surface area contributed by atoms with Gasteiger partial charge < -0.3 is 10.2 Å². The average molecular weight is 647 g/mol. The molecule has 1 aliphatic rings. The molecule has 1 saturated carbocycles. The number of sulfonamides is 1. The van der Waals surface area contributed by atoms with Crippen molar-refractivity contribution in [2.24, 2.45) is 0 Å². The summed E-state index contributed by atoms with van der Waals surface area (Å²) >= 11 is 9.64. The van der Waals surface area contributed by atoms with Gasteiger partial charge in [0, 0.05) is 22.1 Å². The van der Waals surface area contributed by atoms with Crippen LogP contribution in [0.3, 0.4) is 0 Å². The molecule has 0 radical (unpaired) electrons. The largest absolute Gasteiger partial charge is 0.352 e. The molecule has 10 heteroatoms. The molecule has 0 aromatic heterocycles. The van der Waals surface area contributed by atoms with E-state index >= 15 is 0 Å². The molecule has 1 fully saturated rings. The van der Waals surface area contributed by atoms with Crippen LogP contribution in [0.15, 0.2) is 82.2 Å². The molecule has 212 valence electrons. The van der Waals surface area contributed by atoms with Crippen molar-refractivity contribution in [3.8, 4) is 0 Å². The van der Waals surface area contributed by atoms with Crippen LogP contribution in [0, 0.1) is 6.92 Å². The number of carbonyl (C=O) groups excluding carboxylic acids is 2. The Morgan fingerprint density at radius 2 is 1.73 bits per heavy atom. The molecule has 0 heterocycles. The van der Waals surface area contributed by atoms with Gasteiger partial charge in [0.1, 0.15) is 12.6 Å². The van der Waals surface area contributed by atoms with E-state index in [4.69, 9.17) is 11.6 Å². The van der Waals surface area contributed by atoms with E-state index in [9.17, 15) is 18.0 Å². The van der Waals surface area contributed by atoms with Gasteiger partial charge in [-0.25, -0.2) is 8.42 Å². The maximum Gasteiger partial charge on any atom is 0.264 e. The first-order valence-corrected chi connectivity index (χ1v) is 15.9. The molecule has 0 unspecified atom stereocenters. The van der Waals surface area contributed by atoms with E-state index in [-0.39, 0.29) is 23.4 Å². The van der Waals surface area contributed by atoms with Crippen molar-refractivity contribution in [1.29, 1.82) is 0 Å². The summed E-state index contributed by atoms with van der Waals surface area (Å²) in [5.41, 5.74) is 1.75. The number of hydrogen-bond donors (Lipinski definition) is 1. The highest BCUT2D eigenvalue weighted by Crippen LogP contribution is 2.29. The van der Waals surface area contributed by atoms with Crippen LogP contribution < -0.4 is 9.62 Å². The summed E-state index contributed by atoms with van der Waals surface area (Å²) in [5.74, 6) is -0.752. The third kappa shape index (κ3) is 7.25. The Morgan fingerprint density at radius 3 is 2.38 bits per heavy atom. The lowest BCUT2D eigenvalue weighted by Gasteiger charge is -2.33. The summed E-state index contributed by atoms with van der Waals surface area (Å²) < 4.78 is 29.7. The Labute approximate surface area is 249 Å². The van der Waals surface area contributed by atoms with Crippen LogP contribution in [0.4, 0.5) is 5.69 Å². The Morgan fingerprint density at radius 1 is 1.02 bits per heavy atom. The second-order valence-electron chi connectivity index (χ2n) is 10.1. The van der Waals surface area contributed by atoms with Gasteiger partial charge in [-0.1, -0.05) is 70.7 Å². The molecule has 1 aliphatic carbocycles. The molecule has 1 atom stereocenters. The number of hydrogen-bond acceptors (Lipinski definition) is 4. The summed E-state index contributed by atoms with van der Waals surface area (Å²) in [7, 11) is -4.13. The van der Waals surface area contributed by atoms with Crippen LogP contribution in [0.25, 0.3) is 0 Å². The Hall–Kier alpha value is -2.88. The first-order valence-electron chi connectivity index (χ1n) is 13.2. The minimum Gasteiger partial charge on any atom is -0.352 e. The highest BCUT2D eigenvalue weighted by Gasteiger charge is 2.33. The summed E-state index contributed by atoms with van der Waals surface area (Å²) in [6, 6.07) is 19.6.